The third-order valence-corrected chi connectivity index (χ3v) is 10.2. The first-order chi connectivity index (χ1) is 28.4. The van der Waals surface area contributed by atoms with Gasteiger partial charge in [-0.3, -0.25) is 49.2 Å². The molecule has 0 unspecified atom stereocenters. The van der Waals surface area contributed by atoms with Crippen LogP contribution in [0.1, 0.15) is 163 Å². The van der Waals surface area contributed by atoms with Gasteiger partial charge in [-0.1, -0.05) is 12.8 Å². The topological polar surface area (TPSA) is 243 Å². The molecule has 0 aliphatic carbocycles. The Morgan fingerprint density at radius 3 is 1.51 bits per heavy atom. The second-order valence-corrected chi connectivity index (χ2v) is 16.7. The summed E-state index contributed by atoms with van der Waals surface area (Å²) in [5.74, 6) is -1.69. The minimum absolute atomic E-state index is 0. The van der Waals surface area contributed by atoms with Gasteiger partial charge in [0.2, 0.25) is 29.5 Å². The molecule has 1 rings (SSSR count). The number of Topliss-reactive ketones (excluding diaryl/α,β-unsaturated/α-hetero) is 2. The first-order valence-corrected chi connectivity index (χ1v) is 21.9. The standard InChI is InChI=1S/C42H74N6O12.Fe/c1-33(49)46(57)28-12-6-5-9-15-35(50)19-22-39(54)47(58)29-13-8-11-27-44-38(53)21-23-40(55)48(59)30-14-7-10-26-43-37(52)20-18-36(51)17-16-34-24-31-45(32-25-34)41(56)60-42(2,3)4;/h34,57-59H,5-32H2,1-4H3,(H,43,52)(H,44,53);. The van der Waals surface area contributed by atoms with Gasteiger partial charge in [0.15, 0.2) is 0 Å². The Bertz CT molecular complexity index is 1360. The van der Waals surface area contributed by atoms with Crippen LogP contribution < -0.4 is 10.6 Å². The summed E-state index contributed by atoms with van der Waals surface area (Å²) < 4.78 is 5.43. The fourth-order valence-corrected chi connectivity index (χ4v) is 6.43. The number of amides is 6. The van der Waals surface area contributed by atoms with Crippen molar-refractivity contribution in [1.82, 2.24) is 30.7 Å². The van der Waals surface area contributed by atoms with Crippen LogP contribution in [0.2, 0.25) is 0 Å². The fraction of sp³-hybridized carbons (Fsp3) is 0.810. The summed E-state index contributed by atoms with van der Waals surface area (Å²) in [5.41, 5.74) is -0.532. The number of piperidine rings is 1. The molecule has 1 aliphatic heterocycles. The van der Waals surface area contributed by atoms with Gasteiger partial charge in [0, 0.05) is 121 Å². The first-order valence-electron chi connectivity index (χ1n) is 21.9. The molecule has 0 atom stereocenters. The molecule has 0 aromatic carbocycles. The predicted molar refractivity (Wildman–Crippen MR) is 220 cm³/mol. The molecule has 0 spiro atoms. The summed E-state index contributed by atoms with van der Waals surface area (Å²) in [4.78, 5) is 98.0. The average Bonchev–Trinajstić information content (AvgIpc) is 3.20. The molecule has 1 fully saturated rings. The molecule has 0 bridgehead atoms. The van der Waals surface area contributed by atoms with Crippen LogP contribution in [0.5, 0.6) is 0 Å². The van der Waals surface area contributed by atoms with E-state index in [0.717, 1.165) is 32.1 Å². The molecular weight excluding hydrogens is 836 g/mol. The molecule has 6 amide bonds. The number of hydrogen-bond donors (Lipinski definition) is 5. The van der Waals surface area contributed by atoms with E-state index in [-0.39, 0.29) is 105 Å². The SMILES string of the molecule is CC(=O)N(O)CCCCCCC(=O)CCC(=O)N(O)CCCCCNC(=O)CCC(=O)N(O)CCCCCNC(=O)CCC(=O)CCC1CCN(C(=O)OC(C)(C)C)CC1.[Fe]. The predicted octanol–water partition coefficient (Wildman–Crippen LogP) is 5.09. The molecular formula is C42H74FeN6O12. The number of hydroxylamine groups is 6. The van der Waals surface area contributed by atoms with Crippen molar-refractivity contribution in [2.75, 3.05) is 45.8 Å². The Balaban J connectivity index is 0.0000360. The van der Waals surface area contributed by atoms with Gasteiger partial charge in [0.1, 0.15) is 17.2 Å². The second kappa shape index (κ2) is 33.0. The van der Waals surface area contributed by atoms with Crippen molar-refractivity contribution in [3.63, 3.8) is 0 Å². The summed E-state index contributed by atoms with van der Waals surface area (Å²) in [7, 11) is 0. The third kappa shape index (κ3) is 30.1. The van der Waals surface area contributed by atoms with E-state index in [2.05, 4.69) is 10.6 Å². The van der Waals surface area contributed by atoms with E-state index in [4.69, 9.17) is 4.74 Å². The number of nitrogens with zero attached hydrogens (tertiary/aromatic N) is 4. The zero-order valence-corrected chi connectivity index (χ0v) is 38.1. The maximum atomic E-state index is 12.4. The number of carbonyl (C=O) groups excluding carboxylic acids is 8. The van der Waals surface area contributed by atoms with Crippen LogP contribution >= 0.6 is 0 Å². The Hall–Kier alpha value is -3.64. The number of ether oxygens (including phenoxy) is 1. The Morgan fingerprint density at radius 2 is 1.00 bits per heavy atom. The first kappa shape index (κ1) is 57.4. The Labute approximate surface area is 372 Å². The van der Waals surface area contributed by atoms with E-state index in [9.17, 15) is 54.0 Å². The monoisotopic (exact) mass is 910 g/mol. The van der Waals surface area contributed by atoms with Gasteiger partial charge in [-0.2, -0.15) is 0 Å². The molecule has 352 valence electrons. The minimum Gasteiger partial charge on any atom is -0.444 e. The quantitative estimate of drug-likeness (QED) is 0.0265. The van der Waals surface area contributed by atoms with Gasteiger partial charge in [-0.15, -0.1) is 0 Å². The van der Waals surface area contributed by atoms with Gasteiger partial charge in [0.25, 0.3) is 0 Å². The summed E-state index contributed by atoms with van der Waals surface area (Å²) in [6.07, 6.45) is 9.20. The molecule has 61 heavy (non-hydrogen) atoms. The van der Waals surface area contributed by atoms with Crippen LogP contribution in [0.4, 0.5) is 4.79 Å². The van der Waals surface area contributed by atoms with Gasteiger partial charge >= 0.3 is 6.09 Å². The Morgan fingerprint density at radius 1 is 0.574 bits per heavy atom. The van der Waals surface area contributed by atoms with E-state index >= 15 is 0 Å². The molecule has 0 aromatic rings. The zero-order valence-electron chi connectivity index (χ0n) is 37.0. The number of unbranched alkanes of at least 4 members (excludes halogenated alkanes) is 7. The van der Waals surface area contributed by atoms with Gasteiger partial charge < -0.3 is 20.3 Å². The summed E-state index contributed by atoms with van der Waals surface area (Å²) in [6, 6.07) is 0. The number of hydrogen-bond acceptors (Lipinski definition) is 12. The summed E-state index contributed by atoms with van der Waals surface area (Å²) >= 11 is 0. The molecule has 19 heteroatoms. The summed E-state index contributed by atoms with van der Waals surface area (Å²) in [5, 5.41) is 36.7. The van der Waals surface area contributed by atoms with Gasteiger partial charge in [-0.25, -0.2) is 20.0 Å². The van der Waals surface area contributed by atoms with E-state index in [1.54, 1.807) is 4.90 Å². The maximum absolute atomic E-state index is 12.4. The van der Waals surface area contributed by atoms with Crippen LogP contribution in [0.25, 0.3) is 0 Å². The van der Waals surface area contributed by atoms with Crippen LogP contribution in [0.3, 0.4) is 0 Å². The molecule has 0 aromatic heterocycles. The largest absolute Gasteiger partial charge is 0.444 e. The van der Waals surface area contributed by atoms with Crippen molar-refractivity contribution in [3.8, 4) is 0 Å². The molecule has 18 nitrogen and oxygen atoms in total. The normalized spacial score (nSPS) is 12.8. The van der Waals surface area contributed by atoms with Crippen LogP contribution in [0, 0.1) is 5.92 Å². The van der Waals surface area contributed by atoms with Crippen molar-refractivity contribution in [2.24, 2.45) is 5.92 Å². The van der Waals surface area contributed by atoms with E-state index in [1.807, 2.05) is 20.8 Å². The smallest absolute Gasteiger partial charge is 0.410 e. The van der Waals surface area contributed by atoms with Crippen LogP contribution in [-0.2, 0) is 55.4 Å². The molecule has 0 radical (unpaired) electrons. The van der Waals surface area contributed by atoms with E-state index < -0.39 is 23.3 Å². The van der Waals surface area contributed by atoms with Crippen molar-refractivity contribution in [3.05, 3.63) is 0 Å². The average molecular weight is 911 g/mol. The number of ketones is 2. The fourth-order valence-electron chi connectivity index (χ4n) is 6.43. The molecule has 1 saturated heterocycles. The number of nitrogens with one attached hydrogen (secondary N) is 2. The number of likely N-dealkylation sites (tertiary alicyclic amines) is 1. The van der Waals surface area contributed by atoms with Crippen molar-refractivity contribution >= 4 is 47.2 Å². The molecule has 0 saturated carbocycles. The molecule has 1 aliphatic rings. The number of rotatable bonds is 31. The van der Waals surface area contributed by atoms with Crippen molar-refractivity contribution in [1.29, 1.82) is 0 Å². The van der Waals surface area contributed by atoms with E-state index in [1.165, 1.54) is 6.92 Å². The minimum atomic E-state index is -0.568. The second-order valence-electron chi connectivity index (χ2n) is 16.7. The van der Waals surface area contributed by atoms with Gasteiger partial charge in [0.05, 0.1) is 0 Å². The van der Waals surface area contributed by atoms with Crippen LogP contribution in [-0.4, -0.2) is 134 Å². The van der Waals surface area contributed by atoms with E-state index in [0.29, 0.717) is 111 Å². The third-order valence-electron chi connectivity index (χ3n) is 10.2. The molecule has 1 heterocycles. The zero-order chi connectivity index (χ0) is 44.9. The number of carbonyl (C=O) groups is 8. The van der Waals surface area contributed by atoms with Crippen molar-refractivity contribution in [2.45, 2.75) is 168 Å². The maximum Gasteiger partial charge on any atom is 0.410 e. The molecule has 5 N–H and O–H groups in total. The van der Waals surface area contributed by atoms with Gasteiger partial charge in [-0.05, 0) is 97.3 Å². The Kier molecular flexibility index (Phi) is 31.0. The van der Waals surface area contributed by atoms with Crippen LogP contribution in [0.15, 0.2) is 0 Å². The van der Waals surface area contributed by atoms with Crippen molar-refractivity contribution < 1.29 is 75.8 Å². The summed E-state index contributed by atoms with van der Waals surface area (Å²) in [6.45, 7) is 9.24.